The van der Waals surface area contributed by atoms with Gasteiger partial charge in [-0.15, -0.1) is 11.3 Å². The van der Waals surface area contributed by atoms with Crippen LogP contribution in [0.3, 0.4) is 0 Å². The van der Waals surface area contributed by atoms with Crippen LogP contribution in [0.5, 0.6) is 0 Å². The van der Waals surface area contributed by atoms with Crippen molar-refractivity contribution < 1.29 is 4.52 Å². The Morgan fingerprint density at radius 3 is 3.12 bits per heavy atom. The van der Waals surface area contributed by atoms with E-state index in [1.54, 1.807) is 16.8 Å². The molecule has 16 heavy (non-hydrogen) atoms. The third kappa shape index (κ3) is 1.39. The highest BCUT2D eigenvalue weighted by Gasteiger charge is 2.11. The molecule has 2 N–H and O–H groups in total. The van der Waals surface area contributed by atoms with Gasteiger partial charge >= 0.3 is 0 Å². The summed E-state index contributed by atoms with van der Waals surface area (Å²) in [5.74, 6) is 0.971. The fraction of sp³-hybridized carbons (Fsp3) is 0.100. The van der Waals surface area contributed by atoms with Crippen LogP contribution in [0.15, 0.2) is 28.2 Å². The first-order valence-corrected chi connectivity index (χ1v) is 5.61. The number of fused-ring (bicyclic) bond motifs is 1. The van der Waals surface area contributed by atoms with Crippen molar-refractivity contribution in [2.45, 2.75) is 6.54 Å². The predicted octanol–water partition coefficient (Wildman–Crippen LogP) is 1.80. The van der Waals surface area contributed by atoms with Gasteiger partial charge in [0.05, 0.1) is 22.3 Å². The van der Waals surface area contributed by atoms with E-state index < -0.39 is 0 Å². The van der Waals surface area contributed by atoms with E-state index in [0.29, 0.717) is 11.7 Å². The number of thiazole rings is 1. The maximum atomic E-state index is 5.42. The van der Waals surface area contributed by atoms with Gasteiger partial charge in [0.2, 0.25) is 11.7 Å². The number of para-hydroxylation sites is 1. The second-order valence-electron chi connectivity index (χ2n) is 3.22. The molecule has 0 aliphatic carbocycles. The molecule has 0 radical (unpaired) electrons. The van der Waals surface area contributed by atoms with Crippen LogP contribution in [0.2, 0.25) is 0 Å². The lowest BCUT2D eigenvalue weighted by atomic mass is 10.2. The Morgan fingerprint density at radius 2 is 2.31 bits per heavy atom. The minimum Gasteiger partial charge on any atom is -0.338 e. The topological polar surface area (TPSA) is 77.8 Å². The predicted molar refractivity (Wildman–Crippen MR) is 60.8 cm³/mol. The van der Waals surface area contributed by atoms with Gasteiger partial charge < -0.3 is 10.3 Å². The summed E-state index contributed by atoms with van der Waals surface area (Å²) < 4.78 is 6.09. The zero-order valence-electron chi connectivity index (χ0n) is 8.25. The van der Waals surface area contributed by atoms with Gasteiger partial charge in [0.25, 0.3) is 0 Å². The molecule has 0 bridgehead atoms. The van der Waals surface area contributed by atoms with Crippen LogP contribution in [0.4, 0.5) is 0 Å². The first-order valence-electron chi connectivity index (χ1n) is 4.73. The van der Waals surface area contributed by atoms with Crippen LogP contribution >= 0.6 is 11.3 Å². The van der Waals surface area contributed by atoms with E-state index in [-0.39, 0.29) is 6.54 Å². The lowest BCUT2D eigenvalue weighted by Crippen LogP contribution is -1.95. The van der Waals surface area contributed by atoms with Crippen molar-refractivity contribution in [1.82, 2.24) is 15.1 Å². The lowest BCUT2D eigenvalue weighted by Gasteiger charge is -1.94. The Kier molecular flexibility index (Phi) is 2.16. The monoisotopic (exact) mass is 232 g/mol. The molecule has 0 aliphatic heterocycles. The van der Waals surface area contributed by atoms with Crippen molar-refractivity contribution in [2.75, 3.05) is 0 Å². The maximum absolute atomic E-state index is 5.42. The molecule has 0 spiro atoms. The summed E-state index contributed by atoms with van der Waals surface area (Å²) in [6, 6.07) is 5.89. The molecule has 6 heteroatoms. The SMILES string of the molecule is NCc1nc(-c2cccc3scnc23)no1. The Balaban J connectivity index is 2.21. The number of nitrogens with zero attached hydrogens (tertiary/aromatic N) is 3. The highest BCUT2D eigenvalue weighted by Crippen LogP contribution is 2.27. The van der Waals surface area contributed by atoms with Gasteiger partial charge in [0, 0.05) is 5.56 Å². The van der Waals surface area contributed by atoms with Crippen LogP contribution in [0.1, 0.15) is 5.89 Å². The average molecular weight is 232 g/mol. The van der Waals surface area contributed by atoms with Crippen molar-refractivity contribution >= 4 is 21.6 Å². The molecular formula is C10H8N4OS. The van der Waals surface area contributed by atoms with Gasteiger partial charge in [-0.1, -0.05) is 11.2 Å². The molecule has 80 valence electrons. The van der Waals surface area contributed by atoms with Gasteiger partial charge in [0.1, 0.15) is 0 Å². The van der Waals surface area contributed by atoms with Crippen molar-refractivity contribution in [3.8, 4) is 11.4 Å². The molecule has 3 aromatic rings. The third-order valence-electron chi connectivity index (χ3n) is 2.24. The second kappa shape index (κ2) is 3.66. The molecule has 0 amide bonds. The zero-order valence-corrected chi connectivity index (χ0v) is 9.07. The van der Waals surface area contributed by atoms with Crippen LogP contribution in [-0.2, 0) is 6.54 Å². The van der Waals surface area contributed by atoms with Crippen LogP contribution in [0, 0.1) is 0 Å². The molecule has 0 unspecified atom stereocenters. The number of hydrogen-bond acceptors (Lipinski definition) is 6. The smallest absolute Gasteiger partial charge is 0.240 e. The second-order valence-corrected chi connectivity index (χ2v) is 4.11. The molecule has 0 aliphatic rings. The minimum atomic E-state index is 0.250. The molecule has 5 nitrogen and oxygen atoms in total. The van der Waals surface area contributed by atoms with Gasteiger partial charge in [0.15, 0.2) is 0 Å². The van der Waals surface area contributed by atoms with Crippen LogP contribution in [-0.4, -0.2) is 15.1 Å². The molecule has 2 heterocycles. The molecule has 0 saturated carbocycles. The molecular weight excluding hydrogens is 224 g/mol. The highest BCUT2D eigenvalue weighted by atomic mass is 32.1. The van der Waals surface area contributed by atoms with Crippen molar-refractivity contribution in [3.63, 3.8) is 0 Å². The van der Waals surface area contributed by atoms with E-state index >= 15 is 0 Å². The largest absolute Gasteiger partial charge is 0.338 e. The lowest BCUT2D eigenvalue weighted by molar-refractivity contribution is 0.380. The summed E-state index contributed by atoms with van der Waals surface area (Å²) in [5, 5.41) is 3.89. The molecule has 2 aromatic heterocycles. The van der Waals surface area contributed by atoms with Gasteiger partial charge in [-0.2, -0.15) is 4.98 Å². The van der Waals surface area contributed by atoms with Crippen LogP contribution < -0.4 is 5.73 Å². The van der Waals surface area contributed by atoms with E-state index in [4.69, 9.17) is 10.3 Å². The van der Waals surface area contributed by atoms with Gasteiger partial charge in [-0.3, -0.25) is 0 Å². The number of hydrogen-bond donors (Lipinski definition) is 1. The number of aromatic nitrogens is 3. The highest BCUT2D eigenvalue weighted by molar-refractivity contribution is 7.16. The van der Waals surface area contributed by atoms with Crippen molar-refractivity contribution in [1.29, 1.82) is 0 Å². The Hall–Kier alpha value is -1.79. The molecule has 0 atom stereocenters. The molecule has 0 fully saturated rings. The first kappa shape index (κ1) is 9.44. The quantitative estimate of drug-likeness (QED) is 0.729. The van der Waals surface area contributed by atoms with Gasteiger partial charge in [-0.05, 0) is 12.1 Å². The van der Waals surface area contributed by atoms with E-state index in [1.165, 1.54) is 0 Å². The van der Waals surface area contributed by atoms with Crippen molar-refractivity contribution in [3.05, 3.63) is 29.6 Å². The van der Waals surface area contributed by atoms with Gasteiger partial charge in [-0.25, -0.2) is 4.98 Å². The summed E-state index contributed by atoms with van der Waals surface area (Å²) in [5.41, 5.74) is 9.00. The molecule has 1 aromatic carbocycles. The fourth-order valence-electron chi connectivity index (χ4n) is 1.51. The van der Waals surface area contributed by atoms with Crippen LogP contribution in [0.25, 0.3) is 21.6 Å². The summed E-state index contributed by atoms with van der Waals surface area (Å²) >= 11 is 1.59. The summed E-state index contributed by atoms with van der Waals surface area (Å²) in [4.78, 5) is 8.49. The number of nitrogens with two attached hydrogens (primary N) is 1. The summed E-state index contributed by atoms with van der Waals surface area (Å²) in [6.45, 7) is 0.250. The Morgan fingerprint density at radius 1 is 1.38 bits per heavy atom. The number of benzene rings is 1. The van der Waals surface area contributed by atoms with E-state index in [2.05, 4.69) is 15.1 Å². The summed E-state index contributed by atoms with van der Waals surface area (Å²) in [7, 11) is 0. The average Bonchev–Trinajstić information content (AvgIpc) is 2.97. The zero-order chi connectivity index (χ0) is 11.0. The normalized spacial score (nSPS) is 11.1. The Bertz CT molecular complexity index is 630. The van der Waals surface area contributed by atoms with E-state index in [1.807, 2.05) is 18.2 Å². The molecule has 3 rings (SSSR count). The standard InChI is InChI=1S/C10H8N4OS/c11-4-8-13-10(14-15-8)6-2-1-3-7-9(6)12-5-16-7/h1-3,5H,4,11H2. The minimum absolute atomic E-state index is 0.250. The van der Waals surface area contributed by atoms with E-state index in [0.717, 1.165) is 15.8 Å². The Labute approximate surface area is 94.9 Å². The van der Waals surface area contributed by atoms with E-state index in [9.17, 15) is 0 Å². The number of rotatable bonds is 2. The maximum Gasteiger partial charge on any atom is 0.240 e. The third-order valence-corrected chi connectivity index (χ3v) is 3.04. The summed E-state index contributed by atoms with van der Waals surface area (Å²) in [6.07, 6.45) is 0. The first-order chi connectivity index (χ1) is 7.88. The fourth-order valence-corrected chi connectivity index (χ4v) is 2.22. The molecule has 0 saturated heterocycles. The van der Waals surface area contributed by atoms with Crippen molar-refractivity contribution in [2.24, 2.45) is 5.73 Å².